The van der Waals surface area contributed by atoms with Crippen LogP contribution in [0.1, 0.15) is 5.56 Å². The van der Waals surface area contributed by atoms with E-state index in [2.05, 4.69) is 11.4 Å². The number of thioether (sulfide) groups is 1. The van der Waals surface area contributed by atoms with E-state index in [0.29, 0.717) is 6.54 Å². The Bertz CT molecular complexity index is 545. The zero-order valence-corrected chi connectivity index (χ0v) is 11.5. The largest absolute Gasteiger partial charge is 0.381 e. The van der Waals surface area contributed by atoms with E-state index in [4.69, 9.17) is 11.6 Å². The first kappa shape index (κ1) is 13.2. The molecule has 1 N–H and O–H groups in total. The van der Waals surface area contributed by atoms with Crippen LogP contribution in [0.4, 0.5) is 10.1 Å². The Hall–Kier alpha value is -1.19. The third kappa shape index (κ3) is 3.18. The van der Waals surface area contributed by atoms with Crippen molar-refractivity contribution in [3.63, 3.8) is 0 Å². The number of hydrogen-bond acceptors (Lipinski definition) is 2. The first-order valence-corrected chi connectivity index (χ1v) is 7.12. The van der Waals surface area contributed by atoms with Gasteiger partial charge in [-0.15, -0.1) is 11.8 Å². The lowest BCUT2D eigenvalue weighted by Crippen LogP contribution is -2.00. The highest BCUT2D eigenvalue weighted by Crippen LogP contribution is 2.22. The van der Waals surface area contributed by atoms with Crippen molar-refractivity contribution >= 4 is 29.1 Å². The molecule has 0 radical (unpaired) electrons. The number of halogens is 2. The van der Waals surface area contributed by atoms with E-state index in [1.54, 1.807) is 17.8 Å². The standard InChI is InChI=1S/C14H13ClFNS/c1-18-12-6-3-5-11(8-12)17-9-10-4-2-7-13(16)14(10)15/h2-8,17H,9H2,1H3. The summed E-state index contributed by atoms with van der Waals surface area (Å²) in [6.45, 7) is 0.508. The van der Waals surface area contributed by atoms with E-state index in [0.717, 1.165) is 11.3 Å². The molecule has 94 valence electrons. The summed E-state index contributed by atoms with van der Waals surface area (Å²) in [5.74, 6) is -0.381. The maximum atomic E-state index is 13.3. The molecule has 0 bridgehead atoms. The lowest BCUT2D eigenvalue weighted by molar-refractivity contribution is 0.626. The summed E-state index contributed by atoms with van der Waals surface area (Å²) in [5, 5.41) is 3.43. The Morgan fingerprint density at radius 1 is 1.22 bits per heavy atom. The van der Waals surface area contributed by atoms with Gasteiger partial charge in [-0.25, -0.2) is 4.39 Å². The van der Waals surface area contributed by atoms with Crippen molar-refractivity contribution < 1.29 is 4.39 Å². The minimum atomic E-state index is -0.381. The monoisotopic (exact) mass is 281 g/mol. The second-order valence-corrected chi connectivity index (χ2v) is 5.06. The molecule has 0 atom stereocenters. The lowest BCUT2D eigenvalue weighted by atomic mass is 10.2. The smallest absolute Gasteiger partial charge is 0.142 e. The lowest BCUT2D eigenvalue weighted by Gasteiger charge is -2.09. The molecule has 0 spiro atoms. The predicted molar refractivity (Wildman–Crippen MR) is 77.0 cm³/mol. The maximum Gasteiger partial charge on any atom is 0.142 e. The van der Waals surface area contributed by atoms with Crippen LogP contribution in [0, 0.1) is 5.82 Å². The van der Waals surface area contributed by atoms with Crippen molar-refractivity contribution in [2.24, 2.45) is 0 Å². The Balaban J connectivity index is 2.09. The topological polar surface area (TPSA) is 12.0 Å². The van der Waals surface area contributed by atoms with Gasteiger partial charge in [0.05, 0.1) is 5.02 Å². The van der Waals surface area contributed by atoms with Crippen LogP contribution in [-0.4, -0.2) is 6.26 Å². The molecule has 4 heteroatoms. The van der Waals surface area contributed by atoms with Crippen LogP contribution in [0.2, 0.25) is 5.02 Å². The van der Waals surface area contributed by atoms with E-state index in [9.17, 15) is 4.39 Å². The van der Waals surface area contributed by atoms with E-state index >= 15 is 0 Å². The molecule has 2 rings (SSSR count). The number of hydrogen-bond donors (Lipinski definition) is 1. The highest BCUT2D eigenvalue weighted by molar-refractivity contribution is 7.98. The van der Waals surface area contributed by atoms with E-state index < -0.39 is 0 Å². The van der Waals surface area contributed by atoms with Crippen LogP contribution in [0.25, 0.3) is 0 Å². The van der Waals surface area contributed by atoms with Crippen molar-refractivity contribution in [1.82, 2.24) is 0 Å². The molecule has 2 aromatic rings. The average molecular weight is 282 g/mol. The molecule has 18 heavy (non-hydrogen) atoms. The Morgan fingerprint density at radius 3 is 2.78 bits per heavy atom. The highest BCUT2D eigenvalue weighted by Gasteiger charge is 2.05. The van der Waals surface area contributed by atoms with Gasteiger partial charge in [-0.3, -0.25) is 0 Å². The molecule has 0 aromatic heterocycles. The Kier molecular flexibility index (Phi) is 4.50. The van der Waals surface area contributed by atoms with Gasteiger partial charge in [0.1, 0.15) is 5.82 Å². The summed E-state index contributed by atoms with van der Waals surface area (Å²) < 4.78 is 13.3. The Morgan fingerprint density at radius 2 is 2.00 bits per heavy atom. The van der Waals surface area contributed by atoms with Gasteiger partial charge < -0.3 is 5.32 Å². The SMILES string of the molecule is CSc1cccc(NCc2cccc(F)c2Cl)c1. The fourth-order valence-corrected chi connectivity index (χ4v) is 2.27. The van der Waals surface area contributed by atoms with E-state index in [1.165, 1.54) is 11.0 Å². The molecule has 0 saturated heterocycles. The van der Waals surface area contributed by atoms with Crippen molar-refractivity contribution in [1.29, 1.82) is 0 Å². The van der Waals surface area contributed by atoms with E-state index in [1.807, 2.05) is 30.5 Å². The molecular weight excluding hydrogens is 269 g/mol. The van der Waals surface area contributed by atoms with Gasteiger partial charge in [-0.05, 0) is 36.1 Å². The number of nitrogens with one attached hydrogen (secondary N) is 1. The molecular formula is C14H13ClFNS. The molecule has 0 saturated carbocycles. The fourth-order valence-electron chi connectivity index (χ4n) is 1.62. The van der Waals surface area contributed by atoms with Crippen molar-refractivity contribution in [3.8, 4) is 0 Å². The average Bonchev–Trinajstić information content (AvgIpc) is 2.41. The summed E-state index contributed by atoms with van der Waals surface area (Å²) in [7, 11) is 0. The third-order valence-corrected chi connectivity index (χ3v) is 3.73. The van der Waals surface area contributed by atoms with Crippen molar-refractivity contribution in [2.75, 3.05) is 11.6 Å². The molecule has 0 aliphatic rings. The zero-order valence-electron chi connectivity index (χ0n) is 9.91. The van der Waals surface area contributed by atoms with Crippen LogP contribution >= 0.6 is 23.4 Å². The summed E-state index contributed by atoms with van der Waals surface area (Å²) in [5.41, 5.74) is 1.76. The molecule has 0 unspecified atom stereocenters. The van der Waals surface area contributed by atoms with Gasteiger partial charge in [0.15, 0.2) is 0 Å². The summed E-state index contributed by atoms with van der Waals surface area (Å²) in [6, 6.07) is 12.9. The number of benzene rings is 2. The van der Waals surface area contributed by atoms with E-state index in [-0.39, 0.29) is 10.8 Å². The molecule has 0 aliphatic carbocycles. The van der Waals surface area contributed by atoms with Crippen LogP contribution < -0.4 is 5.32 Å². The summed E-state index contributed by atoms with van der Waals surface area (Å²) in [6.07, 6.45) is 2.03. The third-order valence-electron chi connectivity index (χ3n) is 2.58. The molecule has 0 aliphatic heterocycles. The molecule has 0 amide bonds. The van der Waals surface area contributed by atoms with Gasteiger partial charge in [0.2, 0.25) is 0 Å². The summed E-state index contributed by atoms with van der Waals surface area (Å²) >= 11 is 7.58. The van der Waals surface area contributed by atoms with Gasteiger partial charge in [0, 0.05) is 17.1 Å². The van der Waals surface area contributed by atoms with Crippen molar-refractivity contribution in [3.05, 3.63) is 58.9 Å². The highest BCUT2D eigenvalue weighted by atomic mass is 35.5. The first-order valence-electron chi connectivity index (χ1n) is 5.51. The predicted octanol–water partition coefficient (Wildman–Crippen LogP) is 4.81. The minimum Gasteiger partial charge on any atom is -0.381 e. The minimum absolute atomic E-state index is 0.186. The molecule has 0 heterocycles. The van der Waals surface area contributed by atoms with Gasteiger partial charge >= 0.3 is 0 Å². The van der Waals surface area contributed by atoms with Gasteiger partial charge in [-0.2, -0.15) is 0 Å². The normalized spacial score (nSPS) is 10.4. The maximum absolute atomic E-state index is 13.3. The summed E-state index contributed by atoms with van der Waals surface area (Å²) in [4.78, 5) is 1.19. The zero-order chi connectivity index (χ0) is 13.0. The van der Waals surface area contributed by atoms with Crippen LogP contribution in [0.5, 0.6) is 0 Å². The quantitative estimate of drug-likeness (QED) is 0.807. The molecule has 1 nitrogen and oxygen atoms in total. The molecule has 0 fully saturated rings. The molecule has 2 aromatic carbocycles. The second-order valence-electron chi connectivity index (χ2n) is 3.80. The van der Waals surface area contributed by atoms with Crippen LogP contribution in [0.3, 0.4) is 0 Å². The van der Waals surface area contributed by atoms with Crippen LogP contribution in [-0.2, 0) is 6.54 Å². The first-order chi connectivity index (χ1) is 8.70. The second kappa shape index (κ2) is 6.12. The number of rotatable bonds is 4. The number of anilines is 1. The van der Waals surface area contributed by atoms with Crippen molar-refractivity contribution in [2.45, 2.75) is 11.4 Å². The van der Waals surface area contributed by atoms with Crippen LogP contribution in [0.15, 0.2) is 47.4 Å². The van der Waals surface area contributed by atoms with Gasteiger partial charge in [0.25, 0.3) is 0 Å². The van der Waals surface area contributed by atoms with Gasteiger partial charge in [-0.1, -0.05) is 29.8 Å². The fraction of sp³-hybridized carbons (Fsp3) is 0.143. The Labute approximate surface area is 115 Å².